The highest BCUT2D eigenvalue weighted by molar-refractivity contribution is 6.42. The van der Waals surface area contributed by atoms with E-state index >= 15 is 0 Å². The van der Waals surface area contributed by atoms with Crippen LogP contribution in [0, 0.1) is 0 Å². The number of carbonyl (C=O) groups is 2. The average molecular weight is 339 g/mol. The molecule has 0 unspecified atom stereocenters. The van der Waals surface area contributed by atoms with Crippen LogP contribution in [0.3, 0.4) is 0 Å². The molecular formula is C13H8Cl2N4O3. The van der Waals surface area contributed by atoms with Gasteiger partial charge in [-0.3, -0.25) is 10.1 Å². The van der Waals surface area contributed by atoms with Gasteiger partial charge in [0.25, 0.3) is 0 Å². The summed E-state index contributed by atoms with van der Waals surface area (Å²) >= 11 is 11.8. The summed E-state index contributed by atoms with van der Waals surface area (Å²) < 4.78 is 5.48. The minimum absolute atomic E-state index is 0.129. The zero-order valence-corrected chi connectivity index (χ0v) is 12.4. The number of nitrogens with one attached hydrogen (secondary N) is 1. The SMILES string of the molecule is O=C1CN(N=Cc2ncc(-c3ccc(Cl)c(Cl)c3)o2)C(=O)N1. The molecule has 1 aromatic carbocycles. The van der Waals surface area contributed by atoms with Crippen LogP contribution in [-0.4, -0.2) is 34.7 Å². The van der Waals surface area contributed by atoms with Crippen molar-refractivity contribution in [1.82, 2.24) is 15.3 Å². The molecule has 22 heavy (non-hydrogen) atoms. The topological polar surface area (TPSA) is 87.8 Å². The molecule has 0 saturated carbocycles. The summed E-state index contributed by atoms with van der Waals surface area (Å²) in [6.45, 7) is -0.129. The molecule has 1 aromatic heterocycles. The normalized spacial score (nSPS) is 14.9. The van der Waals surface area contributed by atoms with Crippen LogP contribution in [0.1, 0.15) is 5.89 Å². The van der Waals surface area contributed by atoms with Gasteiger partial charge in [0.15, 0.2) is 5.76 Å². The fraction of sp³-hybridized carbons (Fsp3) is 0.0769. The molecule has 1 saturated heterocycles. The van der Waals surface area contributed by atoms with Gasteiger partial charge in [-0.15, -0.1) is 0 Å². The Balaban J connectivity index is 1.77. The second-order valence-corrected chi connectivity index (χ2v) is 5.16. The molecule has 112 valence electrons. The predicted molar refractivity (Wildman–Crippen MR) is 79.8 cm³/mol. The molecule has 1 N–H and O–H groups in total. The maximum Gasteiger partial charge on any atom is 0.344 e. The van der Waals surface area contributed by atoms with E-state index in [1.807, 2.05) is 0 Å². The first-order valence-corrected chi connectivity index (χ1v) is 6.85. The van der Waals surface area contributed by atoms with Crippen LogP contribution in [0.15, 0.2) is 33.9 Å². The zero-order valence-electron chi connectivity index (χ0n) is 10.9. The first kappa shape index (κ1) is 14.6. The molecule has 2 heterocycles. The molecule has 0 aliphatic carbocycles. The number of hydrogen-bond acceptors (Lipinski definition) is 5. The van der Waals surface area contributed by atoms with Crippen LogP contribution in [0.5, 0.6) is 0 Å². The number of carbonyl (C=O) groups excluding carboxylic acids is 2. The second-order valence-electron chi connectivity index (χ2n) is 4.35. The Kier molecular flexibility index (Phi) is 3.82. The third-order valence-corrected chi connectivity index (χ3v) is 3.55. The van der Waals surface area contributed by atoms with Crippen LogP contribution in [0.25, 0.3) is 11.3 Å². The Morgan fingerprint density at radius 2 is 2.14 bits per heavy atom. The largest absolute Gasteiger partial charge is 0.435 e. The Morgan fingerprint density at radius 3 is 2.82 bits per heavy atom. The molecule has 2 aromatic rings. The van der Waals surface area contributed by atoms with Crippen molar-refractivity contribution >= 4 is 41.4 Å². The minimum Gasteiger partial charge on any atom is -0.435 e. The highest BCUT2D eigenvalue weighted by Crippen LogP contribution is 2.28. The van der Waals surface area contributed by atoms with E-state index in [1.165, 1.54) is 12.4 Å². The molecule has 1 aliphatic heterocycles. The van der Waals surface area contributed by atoms with Gasteiger partial charge in [-0.25, -0.2) is 14.8 Å². The zero-order chi connectivity index (χ0) is 15.7. The lowest BCUT2D eigenvalue weighted by molar-refractivity contribution is -0.118. The van der Waals surface area contributed by atoms with Crippen molar-refractivity contribution in [2.24, 2.45) is 5.10 Å². The quantitative estimate of drug-likeness (QED) is 0.688. The number of benzene rings is 1. The number of hydrogen-bond donors (Lipinski definition) is 1. The van der Waals surface area contributed by atoms with Gasteiger partial charge in [-0.05, 0) is 18.2 Å². The fourth-order valence-corrected chi connectivity index (χ4v) is 2.07. The number of aromatic nitrogens is 1. The van der Waals surface area contributed by atoms with Crippen molar-refractivity contribution in [3.8, 4) is 11.3 Å². The Hall–Kier alpha value is -2.38. The fourth-order valence-electron chi connectivity index (χ4n) is 1.77. The van der Waals surface area contributed by atoms with E-state index in [0.29, 0.717) is 21.4 Å². The average Bonchev–Trinajstić information content (AvgIpc) is 3.06. The van der Waals surface area contributed by atoms with Gasteiger partial charge in [-0.2, -0.15) is 5.10 Å². The van der Waals surface area contributed by atoms with Crippen molar-refractivity contribution in [2.45, 2.75) is 0 Å². The lowest BCUT2D eigenvalue weighted by Crippen LogP contribution is -2.24. The van der Waals surface area contributed by atoms with Gasteiger partial charge in [0, 0.05) is 5.56 Å². The first-order chi connectivity index (χ1) is 10.5. The number of hydrazone groups is 1. The van der Waals surface area contributed by atoms with E-state index < -0.39 is 11.9 Å². The van der Waals surface area contributed by atoms with E-state index in [2.05, 4.69) is 15.4 Å². The lowest BCUT2D eigenvalue weighted by atomic mass is 10.2. The first-order valence-electron chi connectivity index (χ1n) is 6.09. The molecule has 0 bridgehead atoms. The monoisotopic (exact) mass is 338 g/mol. The highest BCUT2D eigenvalue weighted by atomic mass is 35.5. The van der Waals surface area contributed by atoms with E-state index in [9.17, 15) is 9.59 Å². The number of nitrogens with zero attached hydrogens (tertiary/aromatic N) is 3. The van der Waals surface area contributed by atoms with Gasteiger partial charge in [0.2, 0.25) is 11.8 Å². The summed E-state index contributed by atoms with van der Waals surface area (Å²) in [6, 6.07) is 4.45. The summed E-state index contributed by atoms with van der Waals surface area (Å²) in [5, 5.41) is 7.76. The van der Waals surface area contributed by atoms with Crippen molar-refractivity contribution in [1.29, 1.82) is 0 Å². The standard InChI is InChI=1S/C13H8Cl2N4O3/c14-8-2-1-7(3-9(8)15)10-4-16-12(22-10)5-17-19-6-11(20)18-13(19)21/h1-5H,6H2,(H,18,20,21). The van der Waals surface area contributed by atoms with E-state index in [-0.39, 0.29) is 12.4 Å². The van der Waals surface area contributed by atoms with Crippen LogP contribution in [-0.2, 0) is 4.79 Å². The van der Waals surface area contributed by atoms with Crippen molar-refractivity contribution in [3.63, 3.8) is 0 Å². The maximum absolute atomic E-state index is 11.3. The number of oxazole rings is 1. The summed E-state index contributed by atoms with van der Waals surface area (Å²) in [4.78, 5) is 26.3. The van der Waals surface area contributed by atoms with Crippen molar-refractivity contribution < 1.29 is 14.0 Å². The third kappa shape index (κ3) is 2.95. The van der Waals surface area contributed by atoms with Crippen LogP contribution in [0.2, 0.25) is 10.0 Å². The van der Waals surface area contributed by atoms with Gasteiger partial charge in [-0.1, -0.05) is 23.2 Å². The Bertz CT molecular complexity index is 787. The number of halogens is 2. The van der Waals surface area contributed by atoms with Crippen molar-refractivity contribution in [3.05, 3.63) is 40.3 Å². The molecule has 1 fully saturated rings. The Morgan fingerprint density at radius 1 is 1.32 bits per heavy atom. The van der Waals surface area contributed by atoms with Crippen LogP contribution >= 0.6 is 23.2 Å². The Labute approximate surface area is 134 Å². The maximum atomic E-state index is 11.3. The number of imide groups is 1. The van der Waals surface area contributed by atoms with Crippen LogP contribution in [0.4, 0.5) is 4.79 Å². The summed E-state index contributed by atoms with van der Waals surface area (Å²) in [7, 11) is 0. The van der Waals surface area contributed by atoms with E-state index in [4.69, 9.17) is 27.6 Å². The minimum atomic E-state index is -0.586. The smallest absolute Gasteiger partial charge is 0.344 e. The molecule has 0 radical (unpaired) electrons. The molecule has 0 spiro atoms. The summed E-state index contributed by atoms with van der Waals surface area (Å²) in [6.07, 6.45) is 2.75. The second kappa shape index (κ2) is 5.78. The predicted octanol–water partition coefficient (Wildman–Crippen LogP) is 2.53. The molecule has 3 rings (SSSR count). The summed E-state index contributed by atoms with van der Waals surface area (Å²) in [5.74, 6) is 0.251. The number of amides is 3. The van der Waals surface area contributed by atoms with E-state index in [0.717, 1.165) is 5.01 Å². The highest BCUT2D eigenvalue weighted by Gasteiger charge is 2.26. The van der Waals surface area contributed by atoms with Gasteiger partial charge < -0.3 is 4.42 Å². The molecule has 3 amide bonds. The van der Waals surface area contributed by atoms with Crippen molar-refractivity contribution in [2.75, 3.05) is 6.54 Å². The van der Waals surface area contributed by atoms with Gasteiger partial charge in [0.1, 0.15) is 12.8 Å². The van der Waals surface area contributed by atoms with Gasteiger partial charge in [0.05, 0.1) is 16.2 Å². The van der Waals surface area contributed by atoms with Gasteiger partial charge >= 0.3 is 6.03 Å². The molecular weight excluding hydrogens is 331 g/mol. The van der Waals surface area contributed by atoms with Crippen LogP contribution < -0.4 is 5.32 Å². The lowest BCUT2D eigenvalue weighted by Gasteiger charge is -2.02. The summed E-state index contributed by atoms with van der Waals surface area (Å²) in [5.41, 5.74) is 0.704. The number of rotatable bonds is 3. The number of urea groups is 1. The van der Waals surface area contributed by atoms with E-state index in [1.54, 1.807) is 18.2 Å². The molecule has 9 heteroatoms. The molecule has 1 aliphatic rings. The third-order valence-electron chi connectivity index (χ3n) is 2.81. The molecule has 7 nitrogen and oxygen atoms in total. The molecule has 0 atom stereocenters.